The van der Waals surface area contributed by atoms with Gasteiger partial charge in [-0.15, -0.1) is 24.0 Å². The molecule has 2 N–H and O–H groups in total. The van der Waals surface area contributed by atoms with Crippen LogP contribution in [0.4, 0.5) is 0 Å². The normalized spacial score (nSPS) is 11.0. The molecule has 160 valence electrons. The Morgan fingerprint density at radius 3 is 2.30 bits per heavy atom. The highest BCUT2D eigenvalue weighted by Gasteiger charge is 2.10. The van der Waals surface area contributed by atoms with Crippen molar-refractivity contribution in [1.82, 2.24) is 20.4 Å². The number of rotatable bonds is 6. The summed E-state index contributed by atoms with van der Waals surface area (Å²) in [5, 5.41) is 11.2. The number of aryl methyl sites for hydroxylation is 3. The second kappa shape index (κ2) is 11.0. The van der Waals surface area contributed by atoms with Gasteiger partial charge in [-0.1, -0.05) is 35.9 Å². The summed E-state index contributed by atoms with van der Waals surface area (Å²) in [5.74, 6) is 2.39. The number of nitrogens with one attached hydrogen (secondary N) is 2. The number of nitrogens with zero attached hydrogens (tertiary/aromatic N) is 3. The molecule has 0 saturated heterocycles. The summed E-state index contributed by atoms with van der Waals surface area (Å²) < 4.78 is 7.99. The van der Waals surface area contributed by atoms with Gasteiger partial charge >= 0.3 is 0 Å². The van der Waals surface area contributed by atoms with Crippen LogP contribution in [0.25, 0.3) is 0 Å². The van der Waals surface area contributed by atoms with Gasteiger partial charge in [0.2, 0.25) is 0 Å². The third kappa shape index (κ3) is 5.98. The van der Waals surface area contributed by atoms with Crippen LogP contribution in [0.2, 0.25) is 0 Å². The maximum atomic E-state index is 6.08. The Bertz CT molecular complexity index is 995. The van der Waals surface area contributed by atoms with Gasteiger partial charge in [-0.2, -0.15) is 5.10 Å². The van der Waals surface area contributed by atoms with E-state index in [9.17, 15) is 0 Å². The fourth-order valence-corrected chi connectivity index (χ4v) is 3.13. The quantitative estimate of drug-likeness (QED) is 0.284. The van der Waals surface area contributed by atoms with Crippen LogP contribution >= 0.6 is 24.0 Å². The lowest BCUT2D eigenvalue weighted by molar-refractivity contribution is 0.475. The van der Waals surface area contributed by atoms with Crippen LogP contribution < -0.4 is 15.4 Å². The molecule has 7 heteroatoms. The molecular formula is C23H30IN5O. The molecule has 0 atom stereocenters. The first-order valence-corrected chi connectivity index (χ1v) is 9.74. The van der Waals surface area contributed by atoms with E-state index in [1.54, 1.807) is 7.05 Å². The Kier molecular flexibility index (Phi) is 8.71. The molecule has 0 saturated carbocycles. The monoisotopic (exact) mass is 519 g/mol. The number of hydrogen-bond acceptors (Lipinski definition) is 3. The summed E-state index contributed by atoms with van der Waals surface area (Å²) in [6.45, 7) is 7.44. The fourth-order valence-electron chi connectivity index (χ4n) is 3.13. The third-order valence-electron chi connectivity index (χ3n) is 4.98. The summed E-state index contributed by atoms with van der Waals surface area (Å²) in [5.41, 5.74) is 5.65. The van der Waals surface area contributed by atoms with Gasteiger partial charge in [0.1, 0.15) is 11.5 Å². The first-order chi connectivity index (χ1) is 14.0. The highest BCUT2D eigenvalue weighted by atomic mass is 127. The van der Waals surface area contributed by atoms with E-state index < -0.39 is 0 Å². The van der Waals surface area contributed by atoms with Gasteiger partial charge in [0.05, 0.1) is 5.69 Å². The van der Waals surface area contributed by atoms with E-state index in [1.807, 2.05) is 61.1 Å². The SMILES string of the molecule is CN=C(NCc1ccccc1Oc1ccc(C)cc1)NCc1c(C)nn(C)c1C.I. The van der Waals surface area contributed by atoms with Crippen molar-refractivity contribution < 1.29 is 4.74 Å². The van der Waals surface area contributed by atoms with Crippen LogP contribution in [0.3, 0.4) is 0 Å². The van der Waals surface area contributed by atoms with Crippen molar-refractivity contribution >= 4 is 29.9 Å². The van der Waals surface area contributed by atoms with Crippen LogP contribution in [0.1, 0.15) is 28.1 Å². The van der Waals surface area contributed by atoms with Gasteiger partial charge in [-0.3, -0.25) is 9.67 Å². The van der Waals surface area contributed by atoms with E-state index >= 15 is 0 Å². The van der Waals surface area contributed by atoms with E-state index in [0.717, 1.165) is 34.4 Å². The van der Waals surface area contributed by atoms with Gasteiger partial charge in [0.25, 0.3) is 0 Å². The molecule has 6 nitrogen and oxygen atoms in total. The maximum absolute atomic E-state index is 6.08. The van der Waals surface area contributed by atoms with Gasteiger partial charge in [0, 0.05) is 44.0 Å². The minimum atomic E-state index is 0. The Morgan fingerprint density at radius 2 is 1.67 bits per heavy atom. The minimum absolute atomic E-state index is 0. The number of hydrogen-bond donors (Lipinski definition) is 2. The molecule has 30 heavy (non-hydrogen) atoms. The van der Waals surface area contributed by atoms with E-state index in [-0.39, 0.29) is 24.0 Å². The zero-order valence-electron chi connectivity index (χ0n) is 18.2. The van der Waals surface area contributed by atoms with Crippen LogP contribution in [-0.2, 0) is 20.1 Å². The molecule has 0 amide bonds. The van der Waals surface area contributed by atoms with Crippen LogP contribution in [0.15, 0.2) is 53.5 Å². The van der Waals surface area contributed by atoms with Gasteiger partial charge in [0.15, 0.2) is 5.96 Å². The molecular weight excluding hydrogens is 489 g/mol. The maximum Gasteiger partial charge on any atom is 0.191 e. The highest BCUT2D eigenvalue weighted by molar-refractivity contribution is 14.0. The first kappa shape index (κ1) is 23.7. The van der Waals surface area contributed by atoms with E-state index in [2.05, 4.69) is 40.6 Å². The van der Waals surface area contributed by atoms with E-state index in [4.69, 9.17) is 4.74 Å². The number of aromatic nitrogens is 2. The minimum Gasteiger partial charge on any atom is -0.457 e. The van der Waals surface area contributed by atoms with Crippen LogP contribution in [0, 0.1) is 20.8 Å². The lowest BCUT2D eigenvalue weighted by Crippen LogP contribution is -2.36. The summed E-state index contributed by atoms with van der Waals surface area (Å²) in [7, 11) is 3.73. The molecule has 0 bridgehead atoms. The van der Waals surface area contributed by atoms with Gasteiger partial charge < -0.3 is 15.4 Å². The Morgan fingerprint density at radius 1 is 1.00 bits per heavy atom. The van der Waals surface area contributed by atoms with E-state index in [0.29, 0.717) is 13.1 Å². The lowest BCUT2D eigenvalue weighted by atomic mass is 10.2. The average molecular weight is 519 g/mol. The van der Waals surface area contributed by atoms with Crippen molar-refractivity contribution in [2.75, 3.05) is 7.05 Å². The summed E-state index contributed by atoms with van der Waals surface area (Å²) in [6, 6.07) is 16.1. The third-order valence-corrected chi connectivity index (χ3v) is 4.98. The predicted molar refractivity (Wildman–Crippen MR) is 133 cm³/mol. The number of guanidine groups is 1. The van der Waals surface area contributed by atoms with Crippen molar-refractivity contribution in [3.05, 3.63) is 76.6 Å². The molecule has 1 heterocycles. The standard InChI is InChI=1S/C23H29N5O.HI/c1-16-10-12-20(13-11-16)29-22-9-7-6-8-19(22)14-25-23(24-4)26-15-21-17(2)27-28(5)18(21)3;/h6-13H,14-15H2,1-5H3,(H2,24,25,26);1H. The predicted octanol–water partition coefficient (Wildman–Crippen LogP) is 4.62. The fraction of sp³-hybridized carbons (Fsp3) is 0.304. The van der Waals surface area contributed by atoms with Crippen molar-refractivity contribution in [3.63, 3.8) is 0 Å². The Labute approximate surface area is 195 Å². The first-order valence-electron chi connectivity index (χ1n) is 9.74. The van der Waals surface area contributed by atoms with Crippen LogP contribution in [0.5, 0.6) is 11.5 Å². The van der Waals surface area contributed by atoms with Gasteiger partial charge in [-0.05, 0) is 39.0 Å². The summed E-state index contributed by atoms with van der Waals surface area (Å²) in [6.07, 6.45) is 0. The molecule has 0 aliphatic heterocycles. The largest absolute Gasteiger partial charge is 0.457 e. The molecule has 2 aromatic carbocycles. The molecule has 0 radical (unpaired) electrons. The smallest absolute Gasteiger partial charge is 0.191 e. The molecule has 0 aliphatic rings. The number of aliphatic imine (C=N–C) groups is 1. The molecule has 0 aliphatic carbocycles. The number of halogens is 1. The molecule has 3 rings (SSSR count). The second-order valence-electron chi connectivity index (χ2n) is 7.08. The van der Waals surface area contributed by atoms with Crippen molar-refractivity contribution in [1.29, 1.82) is 0 Å². The average Bonchev–Trinajstić information content (AvgIpc) is 2.96. The second-order valence-corrected chi connectivity index (χ2v) is 7.08. The highest BCUT2D eigenvalue weighted by Crippen LogP contribution is 2.25. The van der Waals surface area contributed by atoms with Gasteiger partial charge in [-0.25, -0.2) is 0 Å². The summed E-state index contributed by atoms with van der Waals surface area (Å²) >= 11 is 0. The zero-order chi connectivity index (χ0) is 20.8. The van der Waals surface area contributed by atoms with Crippen LogP contribution in [-0.4, -0.2) is 22.8 Å². The molecule has 0 unspecified atom stereocenters. The Balaban J connectivity index is 0.00000320. The van der Waals surface area contributed by atoms with Crippen molar-refractivity contribution in [2.45, 2.75) is 33.9 Å². The lowest BCUT2D eigenvalue weighted by Gasteiger charge is -2.15. The van der Waals surface area contributed by atoms with E-state index in [1.165, 1.54) is 11.1 Å². The van der Waals surface area contributed by atoms with Crippen molar-refractivity contribution in [3.8, 4) is 11.5 Å². The zero-order valence-corrected chi connectivity index (χ0v) is 20.5. The number of benzene rings is 2. The molecule has 0 spiro atoms. The molecule has 0 fully saturated rings. The number of para-hydroxylation sites is 1. The Hall–Kier alpha value is -2.55. The number of ether oxygens (including phenoxy) is 1. The summed E-state index contributed by atoms with van der Waals surface area (Å²) in [4.78, 5) is 4.33. The van der Waals surface area contributed by atoms with Crippen molar-refractivity contribution in [2.24, 2.45) is 12.0 Å². The topological polar surface area (TPSA) is 63.5 Å². The molecule has 1 aromatic heterocycles. The molecule has 3 aromatic rings.